The maximum Gasteiger partial charge on any atom is 0.217 e. The molecule has 0 fully saturated rings. The monoisotopic (exact) mass is 532 g/mol. The Bertz CT molecular complexity index is 1080. The molecule has 0 aliphatic carbocycles. The van der Waals surface area contributed by atoms with Gasteiger partial charge in [0.2, 0.25) is 6.23 Å². The molecule has 3 heterocycles. The second-order valence-electron chi connectivity index (χ2n) is 6.87. The first kappa shape index (κ1) is 19.2. The number of hydrogen-bond acceptors (Lipinski definition) is 5. The third kappa shape index (κ3) is 3.39. The molecule has 0 bridgehead atoms. The first-order valence-electron chi connectivity index (χ1n) is 9.42. The van der Waals surface area contributed by atoms with Crippen LogP contribution in [0.25, 0.3) is 0 Å². The van der Waals surface area contributed by atoms with Gasteiger partial charge in [-0.25, -0.2) is 5.01 Å². The van der Waals surface area contributed by atoms with Gasteiger partial charge in [-0.05, 0) is 52.5 Å². The van der Waals surface area contributed by atoms with Crippen molar-refractivity contribution >= 4 is 48.9 Å². The summed E-state index contributed by atoms with van der Waals surface area (Å²) in [6, 6.07) is 16.6. The van der Waals surface area contributed by atoms with Gasteiger partial charge in [-0.2, -0.15) is 5.10 Å². The van der Waals surface area contributed by atoms with E-state index in [1.54, 1.807) is 11.3 Å². The number of ether oxygens (including phenoxy) is 2. The molecule has 2 aromatic carbocycles. The van der Waals surface area contributed by atoms with E-state index in [2.05, 4.69) is 72.6 Å². The van der Waals surface area contributed by atoms with Crippen molar-refractivity contribution in [2.24, 2.45) is 5.10 Å². The van der Waals surface area contributed by atoms with Crippen LogP contribution < -0.4 is 9.47 Å². The molecule has 0 spiro atoms. The average Bonchev–Trinajstić information content (AvgIpc) is 3.39. The van der Waals surface area contributed by atoms with Crippen molar-refractivity contribution in [3.05, 3.63) is 78.9 Å². The molecule has 2 aliphatic heterocycles. The summed E-state index contributed by atoms with van der Waals surface area (Å²) in [5.41, 5.74) is 3.22. The Labute approximate surface area is 190 Å². The second-order valence-corrected chi connectivity index (χ2v) is 9.59. The number of benzene rings is 2. The van der Waals surface area contributed by atoms with Crippen molar-refractivity contribution < 1.29 is 9.47 Å². The van der Waals surface area contributed by atoms with E-state index in [1.165, 1.54) is 10.4 Å². The zero-order valence-electron chi connectivity index (χ0n) is 15.6. The van der Waals surface area contributed by atoms with Crippen molar-refractivity contribution in [2.45, 2.75) is 25.6 Å². The lowest BCUT2D eigenvalue weighted by molar-refractivity contribution is -0.0206. The Balaban J connectivity index is 1.65. The molecule has 0 amide bonds. The molecule has 0 saturated heterocycles. The van der Waals surface area contributed by atoms with Crippen molar-refractivity contribution in [3.8, 4) is 11.5 Å². The van der Waals surface area contributed by atoms with Crippen molar-refractivity contribution in [1.82, 2.24) is 5.01 Å². The first-order chi connectivity index (χ1) is 14.2. The highest BCUT2D eigenvalue weighted by atomic mass is 79.9. The molecule has 148 valence electrons. The summed E-state index contributed by atoms with van der Waals surface area (Å²) in [4.78, 5) is 1.20. The average molecular weight is 534 g/mol. The van der Waals surface area contributed by atoms with Gasteiger partial charge in [0.05, 0.1) is 33.3 Å². The van der Waals surface area contributed by atoms with Gasteiger partial charge in [-0.3, -0.25) is 0 Å². The first-order valence-corrected chi connectivity index (χ1v) is 11.9. The summed E-state index contributed by atoms with van der Waals surface area (Å²) < 4.78 is 14.3. The number of fused-ring (bicyclic) bond motifs is 3. The minimum absolute atomic E-state index is 0.134. The van der Waals surface area contributed by atoms with Gasteiger partial charge in [0, 0.05) is 16.5 Å². The number of thiophene rings is 1. The van der Waals surface area contributed by atoms with Crippen LogP contribution in [0.15, 0.2) is 68.0 Å². The Kier molecular flexibility index (Phi) is 5.14. The molecule has 4 nitrogen and oxygen atoms in total. The Morgan fingerprint density at radius 2 is 2.03 bits per heavy atom. The molecule has 5 rings (SSSR count). The fourth-order valence-corrected chi connectivity index (χ4v) is 5.99. The van der Waals surface area contributed by atoms with Crippen LogP contribution in [0.3, 0.4) is 0 Å². The molecule has 0 unspecified atom stereocenters. The number of rotatable bonds is 4. The van der Waals surface area contributed by atoms with Crippen molar-refractivity contribution in [2.75, 3.05) is 6.61 Å². The predicted molar refractivity (Wildman–Crippen MR) is 123 cm³/mol. The maximum atomic E-state index is 6.50. The Morgan fingerprint density at radius 1 is 1.17 bits per heavy atom. The topological polar surface area (TPSA) is 34.1 Å². The summed E-state index contributed by atoms with van der Waals surface area (Å²) in [5.74, 6) is 1.69. The van der Waals surface area contributed by atoms with Crippen LogP contribution in [-0.2, 0) is 0 Å². The molecule has 2 aliphatic rings. The maximum absolute atomic E-state index is 6.50. The van der Waals surface area contributed by atoms with Crippen molar-refractivity contribution in [3.63, 3.8) is 0 Å². The van der Waals surface area contributed by atoms with E-state index in [0.717, 1.165) is 38.1 Å². The van der Waals surface area contributed by atoms with E-state index in [4.69, 9.17) is 14.6 Å². The lowest BCUT2D eigenvalue weighted by atomic mass is 9.97. The number of halogens is 2. The zero-order valence-corrected chi connectivity index (χ0v) is 19.6. The molecule has 3 aromatic rings. The molecule has 29 heavy (non-hydrogen) atoms. The molecule has 7 heteroatoms. The highest BCUT2D eigenvalue weighted by Gasteiger charge is 2.42. The van der Waals surface area contributed by atoms with Crippen LogP contribution in [0, 0.1) is 0 Å². The standard InChI is InChI=1S/C22H18Br2N2O2S/c1-2-27-21-15(10-13(23)11-16(21)24)22-26-18(14-6-3-4-7-19(14)28-22)12-17(25-26)20-8-5-9-29-20/h3-11,18,22H,2,12H2,1H3/t18-,22-/m1/s1. The smallest absolute Gasteiger partial charge is 0.217 e. The third-order valence-corrected chi connectivity index (χ3v) is 7.06. The molecule has 0 saturated carbocycles. The molecular weight excluding hydrogens is 516 g/mol. The second kappa shape index (κ2) is 7.78. The SMILES string of the molecule is CCOc1c(Br)cc(Br)cc1[C@H]1Oc2ccccc2[C@H]2CC(c3cccs3)=NN21. The van der Waals surface area contributed by atoms with Crippen LogP contribution >= 0.6 is 43.2 Å². The molecule has 0 N–H and O–H groups in total. The van der Waals surface area contributed by atoms with Gasteiger partial charge in [0.1, 0.15) is 11.5 Å². The van der Waals surface area contributed by atoms with Gasteiger partial charge in [-0.1, -0.05) is 40.2 Å². The van der Waals surface area contributed by atoms with E-state index in [-0.39, 0.29) is 12.3 Å². The predicted octanol–water partition coefficient (Wildman–Crippen LogP) is 6.91. The van der Waals surface area contributed by atoms with Crippen LogP contribution in [0.2, 0.25) is 0 Å². The highest BCUT2D eigenvalue weighted by molar-refractivity contribution is 9.11. The summed E-state index contributed by atoms with van der Waals surface area (Å²) in [6.07, 6.45) is 0.485. The molecule has 0 radical (unpaired) electrons. The van der Waals surface area contributed by atoms with Gasteiger partial charge in [-0.15, -0.1) is 11.3 Å². The normalized spacial score (nSPS) is 20.0. The zero-order chi connectivity index (χ0) is 20.0. The van der Waals surface area contributed by atoms with E-state index in [9.17, 15) is 0 Å². The fraction of sp³-hybridized carbons (Fsp3) is 0.227. The van der Waals surface area contributed by atoms with Gasteiger partial charge in [0.15, 0.2) is 0 Å². The lowest BCUT2D eigenvalue weighted by Gasteiger charge is -2.38. The van der Waals surface area contributed by atoms with Crippen LogP contribution in [0.4, 0.5) is 0 Å². The largest absolute Gasteiger partial charge is 0.492 e. The third-order valence-electron chi connectivity index (χ3n) is 5.10. The summed E-state index contributed by atoms with van der Waals surface area (Å²) in [7, 11) is 0. The number of nitrogens with zero attached hydrogens (tertiary/aromatic N) is 2. The molecular formula is C22H18Br2N2O2S. The number of hydrazone groups is 1. The summed E-state index contributed by atoms with van der Waals surface area (Å²) >= 11 is 8.99. The number of para-hydroxylation sites is 1. The highest BCUT2D eigenvalue weighted by Crippen LogP contribution is 2.50. The van der Waals surface area contributed by atoms with Crippen LogP contribution in [0.1, 0.15) is 41.6 Å². The summed E-state index contributed by atoms with van der Waals surface area (Å²) in [5, 5.41) is 9.20. The molecule has 2 atom stereocenters. The van der Waals surface area contributed by atoms with Gasteiger partial charge < -0.3 is 9.47 Å². The minimum Gasteiger partial charge on any atom is -0.492 e. The van der Waals surface area contributed by atoms with Crippen LogP contribution in [0.5, 0.6) is 11.5 Å². The van der Waals surface area contributed by atoms with Gasteiger partial charge in [0.25, 0.3) is 0 Å². The van der Waals surface area contributed by atoms with E-state index < -0.39 is 0 Å². The van der Waals surface area contributed by atoms with E-state index in [1.807, 2.05) is 25.1 Å². The van der Waals surface area contributed by atoms with Gasteiger partial charge >= 0.3 is 0 Å². The fourth-order valence-electron chi connectivity index (χ4n) is 3.89. The lowest BCUT2D eigenvalue weighted by Crippen LogP contribution is -2.34. The van der Waals surface area contributed by atoms with E-state index >= 15 is 0 Å². The number of hydrogen-bond donors (Lipinski definition) is 0. The van der Waals surface area contributed by atoms with Crippen LogP contribution in [-0.4, -0.2) is 17.3 Å². The van der Waals surface area contributed by atoms with Crippen molar-refractivity contribution in [1.29, 1.82) is 0 Å². The minimum atomic E-state index is -0.372. The Hall–Kier alpha value is -1.83. The Morgan fingerprint density at radius 3 is 2.83 bits per heavy atom. The quantitative estimate of drug-likeness (QED) is 0.365. The summed E-state index contributed by atoms with van der Waals surface area (Å²) in [6.45, 7) is 2.56. The van der Waals surface area contributed by atoms with E-state index in [0.29, 0.717) is 6.61 Å². The molecule has 1 aromatic heterocycles.